The molecule has 0 saturated carbocycles. The molecule has 1 aromatic carbocycles. The van der Waals surface area contributed by atoms with Gasteiger partial charge in [0.1, 0.15) is 5.82 Å². The Morgan fingerprint density at radius 1 is 1.48 bits per heavy atom. The molecule has 5 N–H and O–H groups in total. The molecule has 0 radical (unpaired) electrons. The van der Waals surface area contributed by atoms with Crippen LogP contribution in [0, 0.1) is 11.7 Å². The quantitative estimate of drug-likeness (QED) is 0.258. The lowest BCUT2D eigenvalue weighted by Crippen LogP contribution is -2.35. The molecule has 0 bridgehead atoms. The van der Waals surface area contributed by atoms with E-state index in [-0.39, 0.29) is 18.3 Å². The summed E-state index contributed by atoms with van der Waals surface area (Å²) >= 11 is 0. The number of halogens is 1. The first kappa shape index (κ1) is 16.9. The summed E-state index contributed by atoms with van der Waals surface area (Å²) in [6.07, 6.45) is 0. The van der Waals surface area contributed by atoms with Gasteiger partial charge in [0, 0.05) is 18.7 Å². The van der Waals surface area contributed by atoms with E-state index in [2.05, 4.69) is 15.8 Å². The van der Waals surface area contributed by atoms with Crippen LogP contribution < -0.4 is 16.4 Å². The Kier molecular flexibility index (Phi) is 6.61. The zero-order chi connectivity index (χ0) is 15.8. The zero-order valence-corrected chi connectivity index (χ0v) is 12.2. The largest absolute Gasteiger partial charge is 0.409 e. The highest BCUT2D eigenvalue weighted by molar-refractivity contribution is 5.98. The summed E-state index contributed by atoms with van der Waals surface area (Å²) in [6, 6.07) is 4.00. The molecule has 0 aliphatic heterocycles. The van der Waals surface area contributed by atoms with Crippen LogP contribution in [0.3, 0.4) is 0 Å². The van der Waals surface area contributed by atoms with Crippen molar-refractivity contribution in [2.45, 2.75) is 20.4 Å². The third-order valence-corrected chi connectivity index (χ3v) is 2.76. The van der Waals surface area contributed by atoms with Gasteiger partial charge in [0.15, 0.2) is 5.84 Å². The van der Waals surface area contributed by atoms with Crippen LogP contribution >= 0.6 is 0 Å². The van der Waals surface area contributed by atoms with E-state index in [0.29, 0.717) is 30.1 Å². The van der Waals surface area contributed by atoms with Gasteiger partial charge in [0.05, 0.1) is 6.54 Å². The van der Waals surface area contributed by atoms with Gasteiger partial charge in [-0.05, 0) is 23.6 Å². The molecule has 0 saturated heterocycles. The van der Waals surface area contributed by atoms with E-state index in [4.69, 9.17) is 10.9 Å². The Morgan fingerprint density at radius 3 is 2.81 bits per heavy atom. The number of benzene rings is 1. The Balaban J connectivity index is 2.58. The number of oxime groups is 1. The predicted octanol–water partition coefficient (Wildman–Crippen LogP) is 0.782. The number of amides is 1. The monoisotopic (exact) mass is 296 g/mol. The Bertz CT molecular complexity index is 518. The lowest BCUT2D eigenvalue weighted by atomic mass is 10.1. The van der Waals surface area contributed by atoms with Crippen LogP contribution in [0.4, 0.5) is 4.39 Å². The average Bonchev–Trinajstić information content (AvgIpc) is 2.45. The molecule has 0 atom stereocenters. The minimum atomic E-state index is -0.477. The third kappa shape index (κ3) is 5.78. The maximum atomic E-state index is 13.2. The molecule has 0 spiro atoms. The van der Waals surface area contributed by atoms with Crippen LogP contribution in [0.25, 0.3) is 0 Å². The third-order valence-electron chi connectivity index (χ3n) is 2.76. The van der Waals surface area contributed by atoms with Crippen molar-refractivity contribution in [1.29, 1.82) is 0 Å². The topological polar surface area (TPSA) is 99.7 Å². The number of carbonyl (C=O) groups is 1. The van der Waals surface area contributed by atoms with Crippen LogP contribution in [-0.4, -0.2) is 30.0 Å². The Morgan fingerprint density at radius 2 is 2.19 bits per heavy atom. The number of carbonyl (C=O) groups excluding carboxylic acids is 1. The molecule has 0 unspecified atom stereocenters. The van der Waals surface area contributed by atoms with Crippen LogP contribution in [0.1, 0.15) is 25.0 Å². The van der Waals surface area contributed by atoms with E-state index < -0.39 is 5.82 Å². The molecule has 1 amide bonds. The normalized spacial score (nSPS) is 11.7. The SMILES string of the molecule is CC(C)CNC(=O)CNCc1ccc(F)cc1/C(N)=N/O. The van der Waals surface area contributed by atoms with Crippen LogP contribution in [0.15, 0.2) is 23.4 Å². The molecule has 0 aromatic heterocycles. The van der Waals surface area contributed by atoms with Crippen molar-refractivity contribution < 1.29 is 14.4 Å². The van der Waals surface area contributed by atoms with Crippen molar-refractivity contribution in [2.24, 2.45) is 16.8 Å². The number of hydrogen-bond donors (Lipinski definition) is 4. The van der Waals surface area contributed by atoms with E-state index >= 15 is 0 Å². The van der Waals surface area contributed by atoms with Crippen LogP contribution in [0.2, 0.25) is 0 Å². The fourth-order valence-electron chi connectivity index (χ4n) is 1.69. The Hall–Kier alpha value is -2.15. The van der Waals surface area contributed by atoms with Gasteiger partial charge in [-0.15, -0.1) is 0 Å². The minimum Gasteiger partial charge on any atom is -0.409 e. The summed E-state index contributed by atoms with van der Waals surface area (Å²) in [5, 5.41) is 17.3. The molecule has 0 aliphatic carbocycles. The molecule has 116 valence electrons. The fourth-order valence-corrected chi connectivity index (χ4v) is 1.69. The molecular formula is C14H21FN4O2. The lowest BCUT2D eigenvalue weighted by Gasteiger charge is -2.11. The second-order valence-corrected chi connectivity index (χ2v) is 5.09. The standard InChI is InChI=1S/C14H21FN4O2/c1-9(2)6-18-13(20)8-17-7-10-3-4-11(15)5-12(10)14(16)19-21/h3-5,9,17,21H,6-8H2,1-2H3,(H2,16,19)(H,18,20). The maximum Gasteiger partial charge on any atom is 0.233 e. The lowest BCUT2D eigenvalue weighted by molar-refractivity contribution is -0.120. The number of nitrogens with zero attached hydrogens (tertiary/aromatic N) is 1. The molecule has 7 heteroatoms. The summed E-state index contributed by atoms with van der Waals surface area (Å²) in [5.41, 5.74) is 6.44. The molecule has 0 fully saturated rings. The van der Waals surface area contributed by atoms with Gasteiger partial charge in [-0.25, -0.2) is 4.39 Å². The first-order valence-electron chi connectivity index (χ1n) is 6.67. The molecule has 6 nitrogen and oxygen atoms in total. The predicted molar refractivity (Wildman–Crippen MR) is 78.5 cm³/mol. The second kappa shape index (κ2) is 8.21. The smallest absolute Gasteiger partial charge is 0.233 e. The van der Waals surface area contributed by atoms with Gasteiger partial charge in [0.2, 0.25) is 5.91 Å². The van der Waals surface area contributed by atoms with Gasteiger partial charge in [0.25, 0.3) is 0 Å². The van der Waals surface area contributed by atoms with Crippen molar-refractivity contribution in [2.75, 3.05) is 13.1 Å². The van der Waals surface area contributed by atoms with Gasteiger partial charge < -0.3 is 21.6 Å². The number of hydrogen-bond acceptors (Lipinski definition) is 4. The number of amidine groups is 1. The van der Waals surface area contributed by atoms with E-state index in [9.17, 15) is 9.18 Å². The van der Waals surface area contributed by atoms with Gasteiger partial charge in [-0.1, -0.05) is 25.1 Å². The molecule has 1 rings (SSSR count). The van der Waals surface area contributed by atoms with E-state index in [1.807, 2.05) is 13.8 Å². The van der Waals surface area contributed by atoms with Gasteiger partial charge >= 0.3 is 0 Å². The highest BCUT2D eigenvalue weighted by Crippen LogP contribution is 2.11. The summed E-state index contributed by atoms with van der Waals surface area (Å²) < 4.78 is 13.2. The molecular weight excluding hydrogens is 275 g/mol. The zero-order valence-electron chi connectivity index (χ0n) is 12.2. The van der Waals surface area contributed by atoms with E-state index in [1.54, 1.807) is 0 Å². The summed E-state index contributed by atoms with van der Waals surface area (Å²) in [7, 11) is 0. The summed E-state index contributed by atoms with van der Waals surface area (Å²) in [5.74, 6) is -0.375. The number of rotatable bonds is 7. The molecule has 0 heterocycles. The second-order valence-electron chi connectivity index (χ2n) is 5.09. The van der Waals surface area contributed by atoms with Gasteiger partial charge in [-0.2, -0.15) is 0 Å². The fraction of sp³-hybridized carbons (Fsp3) is 0.429. The first-order chi connectivity index (χ1) is 9.93. The van der Waals surface area contributed by atoms with E-state index in [1.165, 1.54) is 18.2 Å². The van der Waals surface area contributed by atoms with Crippen molar-refractivity contribution >= 4 is 11.7 Å². The van der Waals surface area contributed by atoms with Crippen molar-refractivity contribution in [1.82, 2.24) is 10.6 Å². The van der Waals surface area contributed by atoms with Crippen LogP contribution in [0.5, 0.6) is 0 Å². The average molecular weight is 296 g/mol. The van der Waals surface area contributed by atoms with Crippen molar-refractivity contribution in [3.8, 4) is 0 Å². The molecule has 0 aliphatic rings. The van der Waals surface area contributed by atoms with Crippen LogP contribution in [-0.2, 0) is 11.3 Å². The summed E-state index contributed by atoms with van der Waals surface area (Å²) in [4.78, 5) is 11.5. The first-order valence-corrected chi connectivity index (χ1v) is 6.67. The summed E-state index contributed by atoms with van der Waals surface area (Å²) in [6.45, 7) is 5.08. The van der Waals surface area contributed by atoms with Gasteiger partial charge in [-0.3, -0.25) is 4.79 Å². The van der Waals surface area contributed by atoms with Crippen molar-refractivity contribution in [3.63, 3.8) is 0 Å². The number of nitrogens with two attached hydrogens (primary N) is 1. The minimum absolute atomic E-state index is 0.115. The van der Waals surface area contributed by atoms with E-state index in [0.717, 1.165) is 0 Å². The molecule has 1 aromatic rings. The highest BCUT2D eigenvalue weighted by atomic mass is 19.1. The number of nitrogens with one attached hydrogen (secondary N) is 2. The molecule has 21 heavy (non-hydrogen) atoms. The van der Waals surface area contributed by atoms with Crippen molar-refractivity contribution in [3.05, 3.63) is 35.1 Å². The Labute approximate surface area is 123 Å². The maximum absolute atomic E-state index is 13.2. The highest BCUT2D eigenvalue weighted by Gasteiger charge is 2.09.